The van der Waals surface area contributed by atoms with Gasteiger partial charge in [0.25, 0.3) is 0 Å². The normalized spacial score (nSPS) is 8.64. The van der Waals surface area contributed by atoms with Crippen LogP contribution >= 0.6 is 0 Å². The van der Waals surface area contributed by atoms with Crippen molar-refractivity contribution in [2.24, 2.45) is 0 Å². The van der Waals surface area contributed by atoms with Gasteiger partial charge in [-0.15, -0.1) is 0 Å². The lowest BCUT2D eigenvalue weighted by atomic mass is 10.4. The van der Waals surface area contributed by atoms with Crippen molar-refractivity contribution in [2.75, 3.05) is 0 Å². The van der Waals surface area contributed by atoms with Gasteiger partial charge in [-0.1, -0.05) is 6.07 Å². The SMILES string of the molecule is N#[N+]c1ccc(=O)ccc1[O-]. The van der Waals surface area contributed by atoms with Crippen LogP contribution in [0.25, 0.3) is 4.98 Å². The fourth-order valence-electron chi connectivity index (χ4n) is 0.625. The third kappa shape index (κ3) is 1.52. The van der Waals surface area contributed by atoms with E-state index in [1.165, 1.54) is 6.07 Å². The molecule has 0 aliphatic rings. The summed E-state index contributed by atoms with van der Waals surface area (Å²) in [6.45, 7) is 0. The van der Waals surface area contributed by atoms with E-state index in [2.05, 4.69) is 4.98 Å². The van der Waals surface area contributed by atoms with Crippen LogP contribution in [0, 0.1) is 5.39 Å². The molecular weight excluding hydrogens is 144 g/mol. The Kier molecular flexibility index (Phi) is 1.83. The Morgan fingerprint density at radius 2 is 1.91 bits per heavy atom. The summed E-state index contributed by atoms with van der Waals surface area (Å²) in [4.78, 5) is 13.3. The van der Waals surface area contributed by atoms with Gasteiger partial charge in [-0.05, 0) is 17.9 Å². The quantitative estimate of drug-likeness (QED) is 0.506. The van der Waals surface area contributed by atoms with Crippen molar-refractivity contribution in [2.45, 2.75) is 0 Å². The Hall–Kier alpha value is -1.89. The number of hydrogen-bond donors (Lipinski definition) is 0. The van der Waals surface area contributed by atoms with Crippen LogP contribution in [-0.2, 0) is 0 Å². The number of nitrogens with zero attached hydrogens (tertiary/aromatic N) is 2. The van der Waals surface area contributed by atoms with E-state index in [9.17, 15) is 9.90 Å². The third-order valence-electron chi connectivity index (χ3n) is 1.16. The van der Waals surface area contributed by atoms with E-state index in [0.717, 1.165) is 18.2 Å². The van der Waals surface area contributed by atoms with E-state index in [4.69, 9.17) is 5.39 Å². The van der Waals surface area contributed by atoms with Gasteiger partial charge in [0.15, 0.2) is 10.4 Å². The van der Waals surface area contributed by atoms with E-state index in [0.29, 0.717) is 0 Å². The molecule has 0 amide bonds. The van der Waals surface area contributed by atoms with Crippen molar-refractivity contribution in [3.63, 3.8) is 0 Å². The Balaban J connectivity index is 3.47. The highest BCUT2D eigenvalue weighted by Gasteiger charge is 2.01. The molecule has 54 valence electrons. The van der Waals surface area contributed by atoms with Crippen LogP contribution in [0.2, 0.25) is 0 Å². The molecule has 0 radical (unpaired) electrons. The first kappa shape index (κ1) is 7.22. The number of hydrogen-bond acceptors (Lipinski definition) is 3. The fourth-order valence-corrected chi connectivity index (χ4v) is 0.625. The first-order valence-corrected chi connectivity index (χ1v) is 2.90. The van der Waals surface area contributed by atoms with Gasteiger partial charge < -0.3 is 5.11 Å². The van der Waals surface area contributed by atoms with Crippen molar-refractivity contribution >= 4 is 5.69 Å². The molecule has 0 unspecified atom stereocenters. The minimum Gasteiger partial charge on any atom is -0.867 e. The summed E-state index contributed by atoms with van der Waals surface area (Å²) in [7, 11) is 0. The molecule has 0 atom stereocenters. The molecule has 4 heteroatoms. The minimum absolute atomic E-state index is 0.132. The summed E-state index contributed by atoms with van der Waals surface area (Å²) in [5.74, 6) is -0.477. The van der Waals surface area contributed by atoms with Crippen LogP contribution in [0.3, 0.4) is 0 Å². The van der Waals surface area contributed by atoms with Crippen LogP contribution in [0.5, 0.6) is 5.75 Å². The molecule has 0 fully saturated rings. The molecule has 0 aliphatic heterocycles. The van der Waals surface area contributed by atoms with Crippen molar-refractivity contribution in [1.29, 1.82) is 5.39 Å². The van der Waals surface area contributed by atoms with Crippen LogP contribution in [0.15, 0.2) is 29.1 Å². The van der Waals surface area contributed by atoms with Crippen molar-refractivity contribution in [3.8, 4) is 5.75 Å². The lowest BCUT2D eigenvalue weighted by Crippen LogP contribution is -1.88. The summed E-state index contributed by atoms with van der Waals surface area (Å²) in [5.41, 5.74) is -0.427. The van der Waals surface area contributed by atoms with Gasteiger partial charge in [0.2, 0.25) is 5.39 Å². The maximum atomic E-state index is 10.8. The summed E-state index contributed by atoms with van der Waals surface area (Å²) in [6.07, 6.45) is 0. The topological polar surface area (TPSA) is 68.3 Å². The molecule has 4 nitrogen and oxygen atoms in total. The van der Waals surface area contributed by atoms with E-state index >= 15 is 0 Å². The lowest BCUT2D eigenvalue weighted by Gasteiger charge is -1.91. The van der Waals surface area contributed by atoms with E-state index in [-0.39, 0.29) is 11.1 Å². The highest BCUT2D eigenvalue weighted by atomic mass is 16.3. The zero-order valence-electron chi connectivity index (χ0n) is 5.52. The predicted molar refractivity (Wildman–Crippen MR) is 36.9 cm³/mol. The zero-order valence-corrected chi connectivity index (χ0v) is 5.52. The second kappa shape index (κ2) is 2.80. The lowest BCUT2D eigenvalue weighted by molar-refractivity contribution is -0.266. The first-order chi connectivity index (χ1) is 5.24. The molecule has 1 aromatic rings. The second-order valence-corrected chi connectivity index (χ2v) is 1.92. The first-order valence-electron chi connectivity index (χ1n) is 2.90. The molecule has 0 heterocycles. The van der Waals surface area contributed by atoms with Crippen molar-refractivity contribution < 1.29 is 5.11 Å². The number of diazo groups is 1. The molecule has 0 aromatic heterocycles. The van der Waals surface area contributed by atoms with Gasteiger partial charge in [0.1, 0.15) is 0 Å². The average molecular weight is 148 g/mol. The summed E-state index contributed by atoms with van der Waals surface area (Å²) in [6, 6.07) is 4.52. The van der Waals surface area contributed by atoms with Crippen LogP contribution in [-0.4, -0.2) is 0 Å². The zero-order chi connectivity index (χ0) is 8.27. The van der Waals surface area contributed by atoms with Gasteiger partial charge >= 0.3 is 5.69 Å². The summed E-state index contributed by atoms with van der Waals surface area (Å²) < 4.78 is 0. The Morgan fingerprint density at radius 3 is 2.55 bits per heavy atom. The van der Waals surface area contributed by atoms with Crippen molar-refractivity contribution in [3.05, 3.63) is 39.5 Å². The summed E-state index contributed by atoms with van der Waals surface area (Å²) in [5, 5.41) is 19.1. The summed E-state index contributed by atoms with van der Waals surface area (Å²) >= 11 is 0. The number of rotatable bonds is 0. The van der Waals surface area contributed by atoms with Crippen LogP contribution in [0.1, 0.15) is 0 Å². The molecule has 11 heavy (non-hydrogen) atoms. The molecular formula is C7H4N2O2. The Morgan fingerprint density at radius 1 is 1.27 bits per heavy atom. The average Bonchev–Trinajstić information content (AvgIpc) is 2.15. The fraction of sp³-hybridized carbons (Fsp3) is 0. The van der Waals surface area contributed by atoms with Crippen molar-refractivity contribution in [1.82, 2.24) is 0 Å². The van der Waals surface area contributed by atoms with Gasteiger partial charge in [-0.2, -0.15) is 0 Å². The highest BCUT2D eigenvalue weighted by Crippen LogP contribution is 2.18. The van der Waals surface area contributed by atoms with E-state index < -0.39 is 5.75 Å². The Bertz CT molecular complexity index is 368. The molecule has 0 saturated carbocycles. The van der Waals surface area contributed by atoms with E-state index in [1.54, 1.807) is 0 Å². The third-order valence-corrected chi connectivity index (χ3v) is 1.16. The van der Waals surface area contributed by atoms with Gasteiger partial charge in [-0.25, -0.2) is 0 Å². The molecule has 0 spiro atoms. The molecule has 0 saturated heterocycles. The second-order valence-electron chi connectivity index (χ2n) is 1.92. The maximum Gasteiger partial charge on any atom is 0.377 e. The van der Waals surface area contributed by atoms with Gasteiger partial charge in [-0.3, -0.25) is 4.79 Å². The van der Waals surface area contributed by atoms with Gasteiger partial charge in [0.05, 0.1) is 0 Å². The molecule has 0 aliphatic carbocycles. The Labute approximate surface area is 62.4 Å². The molecule has 0 bridgehead atoms. The predicted octanol–water partition coefficient (Wildman–Crippen LogP) is 0.605. The molecule has 1 rings (SSSR count). The standard InChI is InChI=1S/C7H4N2O2/c8-9-6-3-1-5(10)2-4-7(6)11/h1-4H. The van der Waals surface area contributed by atoms with Gasteiger partial charge in [0, 0.05) is 6.07 Å². The van der Waals surface area contributed by atoms with Crippen LogP contribution in [0.4, 0.5) is 5.69 Å². The largest absolute Gasteiger partial charge is 0.867 e. The maximum absolute atomic E-state index is 10.8. The minimum atomic E-state index is -0.477. The monoisotopic (exact) mass is 148 g/mol. The molecule has 0 N–H and O–H groups in total. The smallest absolute Gasteiger partial charge is 0.377 e. The van der Waals surface area contributed by atoms with E-state index in [1.807, 2.05) is 0 Å². The molecule has 1 aromatic carbocycles. The highest BCUT2D eigenvalue weighted by molar-refractivity contribution is 5.53. The van der Waals surface area contributed by atoms with Crippen LogP contribution < -0.4 is 10.5 Å².